The lowest BCUT2D eigenvalue weighted by atomic mass is 10.0. The quantitative estimate of drug-likeness (QED) is 0.662. The smallest absolute Gasteiger partial charge is 0.226 e. The summed E-state index contributed by atoms with van der Waals surface area (Å²) in [4.78, 5) is 15.2. The van der Waals surface area contributed by atoms with Crippen LogP contribution in [0.4, 0.5) is 0 Å². The van der Waals surface area contributed by atoms with E-state index in [1.807, 2.05) is 18.2 Å². The Morgan fingerprint density at radius 3 is 2.88 bits per heavy atom. The molecule has 2 atom stereocenters. The fourth-order valence-electron chi connectivity index (χ4n) is 4.48. The maximum absolute atomic E-state index is 12.8. The lowest BCUT2D eigenvalue weighted by Crippen LogP contribution is -2.38. The van der Waals surface area contributed by atoms with Gasteiger partial charge in [0.2, 0.25) is 5.91 Å². The van der Waals surface area contributed by atoms with Gasteiger partial charge in [-0.15, -0.1) is 10.2 Å². The van der Waals surface area contributed by atoms with Crippen molar-refractivity contribution in [3.05, 3.63) is 47.6 Å². The van der Waals surface area contributed by atoms with E-state index in [9.17, 15) is 4.79 Å². The molecule has 0 bridgehead atoms. The number of carbonyl (C=O) groups excluding carboxylic acids is 1. The van der Waals surface area contributed by atoms with E-state index in [0.29, 0.717) is 13.2 Å². The van der Waals surface area contributed by atoms with Crippen LogP contribution in [0.3, 0.4) is 0 Å². The molecule has 33 heavy (non-hydrogen) atoms. The summed E-state index contributed by atoms with van der Waals surface area (Å²) in [6.07, 6.45) is 5.93. The molecule has 0 spiro atoms. The molecule has 1 saturated heterocycles. The van der Waals surface area contributed by atoms with Gasteiger partial charge in [0.15, 0.2) is 5.82 Å². The van der Waals surface area contributed by atoms with E-state index in [1.54, 1.807) is 7.11 Å². The van der Waals surface area contributed by atoms with Crippen LogP contribution in [0, 0.1) is 11.8 Å². The minimum Gasteiger partial charge on any atom is -0.496 e. The average molecular weight is 454 g/mol. The molecule has 0 aliphatic carbocycles. The maximum Gasteiger partial charge on any atom is 0.226 e. The van der Waals surface area contributed by atoms with Gasteiger partial charge in [-0.3, -0.25) is 9.69 Å². The first-order valence-electron chi connectivity index (χ1n) is 11.9. The third-order valence-corrected chi connectivity index (χ3v) is 6.49. The molecule has 8 nitrogen and oxygen atoms in total. The van der Waals surface area contributed by atoms with E-state index >= 15 is 0 Å². The van der Waals surface area contributed by atoms with Crippen molar-refractivity contribution in [2.45, 2.75) is 39.3 Å². The molecule has 1 N–H and O–H groups in total. The highest BCUT2D eigenvalue weighted by Crippen LogP contribution is 2.24. The van der Waals surface area contributed by atoms with Crippen LogP contribution in [0.1, 0.15) is 43.5 Å². The van der Waals surface area contributed by atoms with Gasteiger partial charge >= 0.3 is 0 Å². The lowest BCUT2D eigenvalue weighted by molar-refractivity contribution is -0.126. The van der Waals surface area contributed by atoms with Crippen molar-refractivity contribution < 1.29 is 14.3 Å². The van der Waals surface area contributed by atoms with Crippen LogP contribution < -0.4 is 10.1 Å². The summed E-state index contributed by atoms with van der Waals surface area (Å²) in [6.45, 7) is 8.89. The molecule has 4 rings (SSSR count). The van der Waals surface area contributed by atoms with Crippen LogP contribution in [0.15, 0.2) is 30.3 Å². The Bertz CT molecular complexity index is 965. The predicted molar refractivity (Wildman–Crippen MR) is 127 cm³/mol. The molecule has 2 aliphatic heterocycles. The molecule has 3 heterocycles. The van der Waals surface area contributed by atoms with E-state index in [4.69, 9.17) is 9.47 Å². The fourth-order valence-corrected chi connectivity index (χ4v) is 4.48. The van der Waals surface area contributed by atoms with Crippen molar-refractivity contribution in [1.29, 1.82) is 0 Å². The molecule has 1 aromatic heterocycles. The van der Waals surface area contributed by atoms with E-state index in [-0.39, 0.29) is 23.8 Å². The number of aromatic nitrogens is 3. The minimum atomic E-state index is -0.156. The van der Waals surface area contributed by atoms with Crippen LogP contribution >= 0.6 is 0 Å². The second kappa shape index (κ2) is 10.9. The molecule has 1 fully saturated rings. The lowest BCUT2D eigenvalue weighted by Gasteiger charge is -2.24. The Morgan fingerprint density at radius 1 is 1.27 bits per heavy atom. The van der Waals surface area contributed by atoms with Crippen molar-refractivity contribution in [2.75, 3.05) is 40.0 Å². The number of methoxy groups -OCH3 is 1. The van der Waals surface area contributed by atoms with Crippen LogP contribution in [0.5, 0.6) is 5.75 Å². The second-order valence-corrected chi connectivity index (χ2v) is 9.11. The average Bonchev–Trinajstić information content (AvgIpc) is 3.45. The SMILES string of the molecule is COc1ccccc1/C=C/CN1CCc2nnc([C@H](NC(=O)[C@H]3CCOC3)C(C)C)n2CC1. The maximum atomic E-state index is 12.8. The summed E-state index contributed by atoms with van der Waals surface area (Å²) in [5.74, 6) is 2.94. The van der Waals surface area contributed by atoms with Gasteiger partial charge in [-0.1, -0.05) is 44.2 Å². The molecule has 1 amide bonds. The number of carbonyl (C=O) groups is 1. The van der Waals surface area contributed by atoms with Crippen molar-refractivity contribution in [1.82, 2.24) is 25.0 Å². The minimum absolute atomic E-state index is 0.0558. The monoisotopic (exact) mass is 453 g/mol. The summed E-state index contributed by atoms with van der Waals surface area (Å²) < 4.78 is 13.0. The highest BCUT2D eigenvalue weighted by molar-refractivity contribution is 5.79. The molecule has 2 aromatic rings. The third kappa shape index (κ3) is 5.62. The molecule has 0 unspecified atom stereocenters. The topological polar surface area (TPSA) is 81.5 Å². The first-order chi connectivity index (χ1) is 16.1. The number of hydrogen-bond acceptors (Lipinski definition) is 6. The van der Waals surface area contributed by atoms with Gasteiger partial charge in [-0.25, -0.2) is 0 Å². The Morgan fingerprint density at radius 2 is 2.12 bits per heavy atom. The van der Waals surface area contributed by atoms with Crippen molar-refractivity contribution in [3.63, 3.8) is 0 Å². The highest BCUT2D eigenvalue weighted by atomic mass is 16.5. The van der Waals surface area contributed by atoms with Crippen LogP contribution in [-0.2, 0) is 22.5 Å². The first kappa shape index (κ1) is 23.4. The van der Waals surface area contributed by atoms with Gasteiger partial charge < -0.3 is 19.4 Å². The summed E-state index contributed by atoms with van der Waals surface area (Å²) in [5.41, 5.74) is 1.08. The zero-order valence-electron chi connectivity index (χ0n) is 19.9. The van der Waals surface area contributed by atoms with Gasteiger partial charge in [0.1, 0.15) is 11.6 Å². The van der Waals surface area contributed by atoms with Crippen molar-refractivity contribution in [3.8, 4) is 5.75 Å². The third-order valence-electron chi connectivity index (χ3n) is 6.49. The number of benzene rings is 1. The predicted octanol–water partition coefficient (Wildman–Crippen LogP) is 2.71. The van der Waals surface area contributed by atoms with Gasteiger partial charge in [0, 0.05) is 44.8 Å². The summed E-state index contributed by atoms with van der Waals surface area (Å²) >= 11 is 0. The number of rotatable bonds is 8. The number of nitrogens with one attached hydrogen (secondary N) is 1. The number of para-hydroxylation sites is 1. The standard InChI is InChI=1S/C25H35N5O3/c1-18(2)23(26-25(31)20-11-16-33-17-20)24-28-27-22-10-13-29(14-15-30(22)24)12-6-8-19-7-4-5-9-21(19)32-3/h4-9,18,20,23H,10-17H2,1-3H3,(H,26,31)/b8-6+/t20-,23+/m0/s1. The zero-order valence-corrected chi connectivity index (χ0v) is 19.9. The Hall–Kier alpha value is -2.71. The summed E-state index contributed by atoms with van der Waals surface area (Å²) in [5, 5.41) is 12.2. The molecule has 2 aliphatic rings. The molecule has 0 radical (unpaired) electrons. The normalized spacial score (nSPS) is 20.1. The Balaban J connectivity index is 1.40. The molecule has 8 heteroatoms. The molecular weight excluding hydrogens is 418 g/mol. The molecule has 1 aromatic carbocycles. The number of ether oxygens (including phenoxy) is 2. The molecular formula is C25H35N5O3. The second-order valence-electron chi connectivity index (χ2n) is 9.11. The fraction of sp³-hybridized carbons (Fsp3) is 0.560. The number of nitrogens with zero attached hydrogens (tertiary/aromatic N) is 4. The van der Waals surface area contributed by atoms with Crippen LogP contribution in [0.2, 0.25) is 0 Å². The highest BCUT2D eigenvalue weighted by Gasteiger charge is 2.31. The van der Waals surface area contributed by atoms with Crippen LogP contribution in [-0.4, -0.2) is 65.5 Å². The number of fused-ring (bicyclic) bond motifs is 1. The van der Waals surface area contributed by atoms with Gasteiger partial charge in [0.25, 0.3) is 0 Å². The van der Waals surface area contributed by atoms with Crippen LogP contribution in [0.25, 0.3) is 6.08 Å². The van der Waals surface area contributed by atoms with E-state index in [0.717, 1.165) is 62.0 Å². The Labute approximate surface area is 196 Å². The van der Waals surface area contributed by atoms with E-state index < -0.39 is 0 Å². The van der Waals surface area contributed by atoms with Gasteiger partial charge in [-0.2, -0.15) is 0 Å². The summed E-state index contributed by atoms with van der Waals surface area (Å²) in [6, 6.07) is 7.88. The largest absolute Gasteiger partial charge is 0.496 e. The number of hydrogen-bond donors (Lipinski definition) is 1. The molecule has 178 valence electrons. The van der Waals surface area contributed by atoms with Crippen molar-refractivity contribution in [2.24, 2.45) is 11.8 Å². The van der Waals surface area contributed by atoms with Crippen molar-refractivity contribution >= 4 is 12.0 Å². The van der Waals surface area contributed by atoms with Gasteiger partial charge in [0.05, 0.1) is 25.7 Å². The number of amides is 1. The summed E-state index contributed by atoms with van der Waals surface area (Å²) in [7, 11) is 1.70. The molecule has 0 saturated carbocycles. The first-order valence-corrected chi connectivity index (χ1v) is 11.9. The zero-order chi connectivity index (χ0) is 23.2. The van der Waals surface area contributed by atoms with E-state index in [1.165, 1.54) is 0 Å². The Kier molecular flexibility index (Phi) is 7.77. The van der Waals surface area contributed by atoms with Gasteiger partial charge in [-0.05, 0) is 18.4 Å². The van der Waals surface area contributed by atoms with E-state index in [2.05, 4.69) is 57.0 Å².